The number of amides is 1. The van der Waals surface area contributed by atoms with Crippen LogP contribution in [0.3, 0.4) is 0 Å². The highest BCUT2D eigenvalue weighted by Gasteiger charge is 2.65. The third kappa shape index (κ3) is 4.02. The maximum atomic E-state index is 13.6. The molecular weight excluding hydrogens is 510 g/mol. The molecule has 0 aliphatic carbocycles. The van der Waals surface area contributed by atoms with Crippen LogP contribution in [0.4, 0.5) is 0 Å². The summed E-state index contributed by atoms with van der Waals surface area (Å²) in [6.07, 6.45) is 1.69. The minimum absolute atomic E-state index is 0.0147. The maximum Gasteiger partial charge on any atom is 0.255 e. The first kappa shape index (κ1) is 26.2. The van der Waals surface area contributed by atoms with E-state index in [4.69, 9.17) is 16.2 Å². The van der Waals surface area contributed by atoms with Crippen LogP contribution in [0.25, 0.3) is 0 Å². The molecule has 1 aromatic heterocycles. The van der Waals surface area contributed by atoms with Gasteiger partial charge in [-0.2, -0.15) is 0 Å². The number of nitrogens with one attached hydrogen (secondary N) is 1. The third-order valence-corrected chi connectivity index (χ3v) is 8.87. The van der Waals surface area contributed by atoms with Crippen molar-refractivity contribution in [3.63, 3.8) is 0 Å². The number of nitrogens with zero attached hydrogens (tertiary/aromatic N) is 4. The Morgan fingerprint density at radius 3 is 2.75 bits per heavy atom. The SMILES string of the molecule is Cc1ccc(C(=O)C[C@@H]2N=C(N)N3CC(NC(=O)c4cccc5c4OCCC5(C)C)[C@@H](O)[C@@]34CC(N)=N[C@@H]24)nc1. The fraction of sp³-hybridized carbons (Fsp3) is 0.483. The Morgan fingerprint density at radius 2 is 2.00 bits per heavy atom. The first-order valence-electron chi connectivity index (χ1n) is 13.7. The predicted octanol–water partition coefficient (Wildman–Crippen LogP) is 1.06. The van der Waals surface area contributed by atoms with Gasteiger partial charge in [-0.1, -0.05) is 32.0 Å². The number of pyridine rings is 1. The molecule has 1 aromatic carbocycles. The molecule has 1 saturated heterocycles. The number of aromatic nitrogens is 1. The van der Waals surface area contributed by atoms with Crippen molar-refractivity contribution in [1.29, 1.82) is 0 Å². The topological polar surface area (TPSA) is 169 Å². The van der Waals surface area contributed by atoms with Crippen LogP contribution in [0, 0.1) is 6.92 Å². The first-order chi connectivity index (χ1) is 19.0. The van der Waals surface area contributed by atoms with Crippen LogP contribution in [-0.4, -0.2) is 81.4 Å². The number of rotatable bonds is 5. The Bertz CT molecular complexity index is 1440. The zero-order chi connectivity index (χ0) is 28.4. The number of Topliss-reactive ketones (excluding diaryl/α,β-unsaturated/α-hetero) is 1. The van der Waals surface area contributed by atoms with E-state index in [9.17, 15) is 14.7 Å². The largest absolute Gasteiger partial charge is 0.492 e. The van der Waals surface area contributed by atoms with Crippen LogP contribution in [0.15, 0.2) is 46.5 Å². The Kier molecular flexibility index (Phi) is 6.10. The molecule has 0 radical (unpaired) electrons. The Morgan fingerprint density at radius 1 is 1.20 bits per heavy atom. The van der Waals surface area contributed by atoms with Crippen molar-refractivity contribution in [1.82, 2.24) is 15.2 Å². The summed E-state index contributed by atoms with van der Waals surface area (Å²) in [5.41, 5.74) is 14.2. The van der Waals surface area contributed by atoms with Crippen molar-refractivity contribution in [3.05, 3.63) is 58.9 Å². The second kappa shape index (κ2) is 9.29. The summed E-state index contributed by atoms with van der Waals surface area (Å²) in [5, 5.41) is 14.8. The molecule has 0 saturated carbocycles. The number of ketones is 1. The van der Waals surface area contributed by atoms with Gasteiger partial charge in [-0.15, -0.1) is 0 Å². The molecule has 5 heterocycles. The smallest absolute Gasteiger partial charge is 0.255 e. The number of carbonyl (C=O) groups is 2. The van der Waals surface area contributed by atoms with Gasteiger partial charge in [-0.25, -0.2) is 4.99 Å². The van der Waals surface area contributed by atoms with Gasteiger partial charge in [0.2, 0.25) is 0 Å². The first-order valence-corrected chi connectivity index (χ1v) is 13.7. The Hall–Kier alpha value is -3.99. The number of amidine groups is 1. The average Bonchev–Trinajstić information content (AvgIpc) is 3.40. The van der Waals surface area contributed by atoms with Gasteiger partial charge in [0.05, 0.1) is 30.1 Å². The second-order valence-electron chi connectivity index (χ2n) is 11.9. The fourth-order valence-corrected chi connectivity index (χ4v) is 6.68. The van der Waals surface area contributed by atoms with Gasteiger partial charge >= 0.3 is 0 Å². The fourth-order valence-electron chi connectivity index (χ4n) is 6.68. The van der Waals surface area contributed by atoms with Crippen molar-refractivity contribution in [2.24, 2.45) is 21.5 Å². The molecule has 11 nitrogen and oxygen atoms in total. The summed E-state index contributed by atoms with van der Waals surface area (Å²) in [5.74, 6) is 0.583. The quantitative estimate of drug-likeness (QED) is 0.405. The molecule has 40 heavy (non-hydrogen) atoms. The van der Waals surface area contributed by atoms with Crippen LogP contribution in [0.2, 0.25) is 0 Å². The van der Waals surface area contributed by atoms with Crippen molar-refractivity contribution in [2.45, 2.75) is 75.2 Å². The molecule has 0 bridgehead atoms. The number of guanidine groups is 1. The third-order valence-electron chi connectivity index (χ3n) is 8.87. The number of aliphatic imine (C=N–C) groups is 2. The minimum atomic E-state index is -1.06. The van der Waals surface area contributed by atoms with Gasteiger partial charge in [-0.3, -0.25) is 19.6 Å². The summed E-state index contributed by atoms with van der Waals surface area (Å²) >= 11 is 0. The van der Waals surface area contributed by atoms with E-state index >= 15 is 0 Å². The number of ether oxygens (including phenoxy) is 1. The normalized spacial score (nSPS) is 29.9. The minimum Gasteiger partial charge on any atom is -0.492 e. The maximum absolute atomic E-state index is 13.6. The highest BCUT2D eigenvalue weighted by atomic mass is 16.5. The number of nitrogens with two attached hydrogens (primary N) is 2. The van der Waals surface area contributed by atoms with Crippen LogP contribution in [-0.2, 0) is 5.41 Å². The zero-order valence-corrected chi connectivity index (χ0v) is 22.9. The number of fused-ring (bicyclic) bond motifs is 1. The lowest BCUT2D eigenvalue weighted by Crippen LogP contribution is -2.66. The highest BCUT2D eigenvalue weighted by molar-refractivity contribution is 5.98. The second-order valence-corrected chi connectivity index (χ2v) is 11.9. The van der Waals surface area contributed by atoms with E-state index in [1.165, 1.54) is 0 Å². The van der Waals surface area contributed by atoms with E-state index in [-0.39, 0.29) is 42.5 Å². The Labute approximate surface area is 232 Å². The molecule has 6 rings (SSSR count). The van der Waals surface area contributed by atoms with Crippen molar-refractivity contribution in [3.8, 4) is 5.75 Å². The molecule has 5 atom stereocenters. The molecule has 1 amide bonds. The summed E-state index contributed by atoms with van der Waals surface area (Å²) in [6.45, 7) is 6.92. The summed E-state index contributed by atoms with van der Waals surface area (Å²) in [4.78, 5) is 42.0. The number of para-hydroxylation sites is 1. The number of hydrogen-bond donors (Lipinski definition) is 4. The van der Waals surface area contributed by atoms with Crippen LogP contribution in [0.1, 0.15) is 65.1 Å². The zero-order valence-electron chi connectivity index (χ0n) is 22.9. The molecule has 1 fully saturated rings. The molecule has 4 aliphatic rings. The van der Waals surface area contributed by atoms with Gasteiger partial charge in [-0.05, 0) is 36.5 Å². The standard InChI is InChI=1S/C29H35N7O4/c1-15-7-8-18(32-13-15)21(37)11-19-24-29(12-22(30)35-24)25(38)20(14-36(29)27(31)34-19)33-26(39)16-5-4-6-17-23(16)40-10-9-28(17,2)3/h4-8,13,19-20,24-25,38H,9-12,14H2,1-3H3,(H2,30,35)(H2,31,34)(H,33,39)/t19-,20?,24-,25+,29-/m0/s1. The number of aryl methyl sites for hydroxylation is 1. The number of benzene rings is 1. The molecule has 2 aromatic rings. The summed E-state index contributed by atoms with van der Waals surface area (Å²) < 4.78 is 5.95. The lowest BCUT2D eigenvalue weighted by molar-refractivity contribution is 0.0275. The monoisotopic (exact) mass is 545 g/mol. The molecular formula is C29H35N7O4. The van der Waals surface area contributed by atoms with Crippen LogP contribution < -0.4 is 21.5 Å². The molecule has 6 N–H and O–H groups in total. The molecule has 1 spiro atoms. The predicted molar refractivity (Wildman–Crippen MR) is 150 cm³/mol. The Balaban J connectivity index is 1.26. The van der Waals surface area contributed by atoms with E-state index < -0.39 is 29.8 Å². The number of aliphatic hydroxyl groups is 1. The van der Waals surface area contributed by atoms with Crippen molar-refractivity contribution in [2.75, 3.05) is 13.2 Å². The van der Waals surface area contributed by atoms with Gasteiger partial charge in [0.15, 0.2) is 11.7 Å². The van der Waals surface area contributed by atoms with Crippen molar-refractivity contribution < 1.29 is 19.4 Å². The van der Waals surface area contributed by atoms with Gasteiger partial charge in [0.1, 0.15) is 29.1 Å². The lowest BCUT2D eigenvalue weighted by Gasteiger charge is -2.46. The highest BCUT2D eigenvalue weighted by Crippen LogP contribution is 2.46. The molecule has 4 aliphatic heterocycles. The lowest BCUT2D eigenvalue weighted by atomic mass is 9.77. The van der Waals surface area contributed by atoms with Gasteiger partial charge < -0.3 is 31.5 Å². The van der Waals surface area contributed by atoms with Crippen LogP contribution >= 0.6 is 0 Å². The van der Waals surface area contributed by atoms with E-state index in [2.05, 4.69) is 34.1 Å². The van der Waals surface area contributed by atoms with Crippen molar-refractivity contribution >= 4 is 23.5 Å². The molecule has 210 valence electrons. The molecule has 11 heteroatoms. The summed E-state index contributed by atoms with van der Waals surface area (Å²) in [6, 6.07) is 7.18. The number of carbonyl (C=O) groups excluding carboxylic acids is 2. The van der Waals surface area contributed by atoms with E-state index in [0.29, 0.717) is 29.4 Å². The number of hydrogen-bond acceptors (Lipinski definition) is 10. The number of aliphatic hydroxyl groups excluding tert-OH is 1. The average molecular weight is 546 g/mol. The van der Waals surface area contributed by atoms with Crippen LogP contribution in [0.5, 0.6) is 5.75 Å². The molecule has 1 unspecified atom stereocenters. The van der Waals surface area contributed by atoms with E-state index in [1.54, 1.807) is 23.2 Å². The van der Waals surface area contributed by atoms with Gasteiger partial charge in [0, 0.05) is 31.1 Å². The van der Waals surface area contributed by atoms with Gasteiger partial charge in [0.25, 0.3) is 5.91 Å². The summed E-state index contributed by atoms with van der Waals surface area (Å²) in [7, 11) is 0. The van der Waals surface area contributed by atoms with E-state index in [0.717, 1.165) is 17.5 Å². The van der Waals surface area contributed by atoms with E-state index in [1.807, 2.05) is 25.1 Å².